The van der Waals surface area contributed by atoms with Crippen LogP contribution in [0.25, 0.3) is 11.1 Å². The monoisotopic (exact) mass is 503 g/mol. The second kappa shape index (κ2) is 9.76. The average Bonchev–Trinajstić information content (AvgIpc) is 3.34. The zero-order valence-corrected chi connectivity index (χ0v) is 21.5. The van der Waals surface area contributed by atoms with Gasteiger partial charge in [-0.3, -0.25) is 4.90 Å². The van der Waals surface area contributed by atoms with Gasteiger partial charge < -0.3 is 24.7 Å². The lowest BCUT2D eigenvalue weighted by molar-refractivity contribution is 0.0115. The number of furan rings is 1. The fourth-order valence-electron chi connectivity index (χ4n) is 7.03. The lowest BCUT2D eigenvalue weighted by Gasteiger charge is -2.40. The molecular formula is C28H37N7O2. The maximum atomic E-state index is 6.16. The topological polar surface area (TPSA) is 91.6 Å². The van der Waals surface area contributed by atoms with E-state index in [1.54, 1.807) is 6.20 Å². The molecule has 3 fully saturated rings. The van der Waals surface area contributed by atoms with Crippen molar-refractivity contribution in [2.45, 2.75) is 62.8 Å². The van der Waals surface area contributed by atoms with Crippen molar-refractivity contribution in [2.24, 2.45) is 0 Å². The van der Waals surface area contributed by atoms with E-state index in [1.807, 2.05) is 12.3 Å². The number of morpholine rings is 1. The molecule has 0 aromatic carbocycles. The number of nitrogens with one attached hydrogen (secondary N) is 2. The second-order valence-corrected chi connectivity index (χ2v) is 11.1. The van der Waals surface area contributed by atoms with Crippen LogP contribution in [0.15, 0.2) is 28.9 Å². The molecule has 7 rings (SSSR count). The molecule has 37 heavy (non-hydrogen) atoms. The highest BCUT2D eigenvalue weighted by Crippen LogP contribution is 2.50. The number of piperidine rings is 1. The molecule has 0 unspecified atom stereocenters. The molecule has 0 atom stereocenters. The highest BCUT2D eigenvalue weighted by Gasteiger charge is 2.42. The Morgan fingerprint density at radius 3 is 2.57 bits per heavy atom. The number of aromatic nitrogens is 3. The molecule has 1 saturated carbocycles. The standard InChI is InChI=1S/C28H37N7O2/c1-2-8-28(9-3-1)10-11-29-26-24(28)25-22(37-26)19-31-27(33-25)32-23-5-4-21(18-30-23)34-12-6-20(7-13-34)35-14-16-36-17-15-35/h4-5,18-20,29H,1-3,6-17H2,(H,30,31,32,33). The predicted molar refractivity (Wildman–Crippen MR) is 145 cm³/mol. The van der Waals surface area contributed by atoms with E-state index in [0.29, 0.717) is 12.0 Å². The third-order valence-electron chi connectivity index (χ3n) is 9.04. The van der Waals surface area contributed by atoms with E-state index in [0.717, 1.165) is 75.2 Å². The van der Waals surface area contributed by atoms with Crippen molar-refractivity contribution in [1.82, 2.24) is 19.9 Å². The van der Waals surface area contributed by atoms with E-state index >= 15 is 0 Å². The Hall–Kier alpha value is -2.91. The van der Waals surface area contributed by atoms with Gasteiger partial charge in [-0.25, -0.2) is 15.0 Å². The zero-order valence-electron chi connectivity index (χ0n) is 21.5. The Morgan fingerprint density at radius 2 is 1.78 bits per heavy atom. The van der Waals surface area contributed by atoms with Crippen LogP contribution in [0, 0.1) is 0 Å². The van der Waals surface area contributed by atoms with Gasteiger partial charge in [0, 0.05) is 49.7 Å². The molecule has 196 valence electrons. The normalized spacial score (nSPS) is 22.6. The maximum absolute atomic E-state index is 6.16. The zero-order chi connectivity index (χ0) is 24.7. The van der Waals surface area contributed by atoms with Gasteiger partial charge in [-0.15, -0.1) is 0 Å². The Labute approximate surface area is 218 Å². The Kier molecular flexibility index (Phi) is 6.13. The molecule has 1 spiro atoms. The fraction of sp³-hybridized carbons (Fsp3) is 0.607. The number of ether oxygens (including phenoxy) is 1. The van der Waals surface area contributed by atoms with Crippen molar-refractivity contribution < 1.29 is 9.15 Å². The third kappa shape index (κ3) is 4.42. The van der Waals surface area contributed by atoms with E-state index in [9.17, 15) is 0 Å². The first-order valence-corrected chi connectivity index (χ1v) is 14.1. The first-order valence-electron chi connectivity index (χ1n) is 14.1. The third-order valence-corrected chi connectivity index (χ3v) is 9.04. The number of fused-ring (bicyclic) bond motifs is 4. The van der Waals surface area contributed by atoms with Crippen LogP contribution in [0.3, 0.4) is 0 Å². The Balaban J connectivity index is 1.05. The molecule has 6 heterocycles. The fourth-order valence-corrected chi connectivity index (χ4v) is 7.03. The smallest absolute Gasteiger partial charge is 0.229 e. The van der Waals surface area contributed by atoms with Crippen LogP contribution in [0.5, 0.6) is 0 Å². The molecule has 0 amide bonds. The van der Waals surface area contributed by atoms with Gasteiger partial charge in [0.1, 0.15) is 11.3 Å². The van der Waals surface area contributed by atoms with Crippen LogP contribution in [0.1, 0.15) is 56.9 Å². The highest BCUT2D eigenvalue weighted by molar-refractivity contribution is 5.85. The van der Waals surface area contributed by atoms with Gasteiger partial charge in [0.05, 0.1) is 31.3 Å². The minimum atomic E-state index is 0.185. The summed E-state index contributed by atoms with van der Waals surface area (Å²) in [7, 11) is 0. The molecule has 9 nitrogen and oxygen atoms in total. The predicted octanol–water partition coefficient (Wildman–Crippen LogP) is 4.68. The summed E-state index contributed by atoms with van der Waals surface area (Å²) < 4.78 is 11.7. The summed E-state index contributed by atoms with van der Waals surface area (Å²) in [4.78, 5) is 19.2. The lowest BCUT2D eigenvalue weighted by atomic mass is 9.66. The summed E-state index contributed by atoms with van der Waals surface area (Å²) >= 11 is 0. The minimum Gasteiger partial charge on any atom is -0.437 e. The van der Waals surface area contributed by atoms with Crippen molar-refractivity contribution in [3.05, 3.63) is 30.1 Å². The van der Waals surface area contributed by atoms with Gasteiger partial charge >= 0.3 is 0 Å². The molecule has 3 aliphatic heterocycles. The average molecular weight is 504 g/mol. The van der Waals surface area contributed by atoms with Crippen LogP contribution in [0.4, 0.5) is 23.3 Å². The summed E-state index contributed by atoms with van der Waals surface area (Å²) in [5.74, 6) is 2.22. The van der Waals surface area contributed by atoms with Crippen LogP contribution >= 0.6 is 0 Å². The molecule has 2 saturated heterocycles. The number of nitrogens with zero attached hydrogens (tertiary/aromatic N) is 5. The van der Waals surface area contributed by atoms with Gasteiger partial charge in [-0.2, -0.15) is 0 Å². The summed E-state index contributed by atoms with van der Waals surface area (Å²) in [6.07, 6.45) is 13.6. The number of hydrogen-bond acceptors (Lipinski definition) is 9. The van der Waals surface area contributed by atoms with Gasteiger partial charge in [0.15, 0.2) is 11.5 Å². The summed E-state index contributed by atoms with van der Waals surface area (Å²) in [5.41, 5.74) is 4.34. The van der Waals surface area contributed by atoms with E-state index < -0.39 is 0 Å². The molecule has 0 bridgehead atoms. The van der Waals surface area contributed by atoms with Crippen molar-refractivity contribution >= 4 is 34.4 Å². The van der Waals surface area contributed by atoms with E-state index in [2.05, 4.69) is 31.5 Å². The van der Waals surface area contributed by atoms with Gasteiger partial charge in [-0.1, -0.05) is 19.3 Å². The van der Waals surface area contributed by atoms with Gasteiger partial charge in [-0.05, 0) is 44.2 Å². The number of hydrogen-bond donors (Lipinski definition) is 2. The lowest BCUT2D eigenvalue weighted by Crippen LogP contribution is -2.49. The number of pyridine rings is 1. The van der Waals surface area contributed by atoms with Crippen LogP contribution < -0.4 is 15.5 Å². The quantitative estimate of drug-likeness (QED) is 0.526. The molecule has 1 aliphatic carbocycles. The molecule has 2 N–H and O–H groups in total. The van der Waals surface area contributed by atoms with Gasteiger partial charge in [0.25, 0.3) is 0 Å². The van der Waals surface area contributed by atoms with Crippen molar-refractivity contribution in [1.29, 1.82) is 0 Å². The second-order valence-electron chi connectivity index (χ2n) is 11.1. The minimum absolute atomic E-state index is 0.185. The first kappa shape index (κ1) is 23.2. The highest BCUT2D eigenvalue weighted by atomic mass is 16.5. The summed E-state index contributed by atoms with van der Waals surface area (Å²) in [5, 5.41) is 6.80. The van der Waals surface area contributed by atoms with E-state index in [4.69, 9.17) is 19.1 Å². The largest absolute Gasteiger partial charge is 0.437 e. The summed E-state index contributed by atoms with van der Waals surface area (Å²) in [6.45, 7) is 6.98. The molecule has 4 aliphatic rings. The van der Waals surface area contributed by atoms with Crippen LogP contribution in [-0.2, 0) is 10.2 Å². The van der Waals surface area contributed by atoms with Crippen molar-refractivity contribution in [3.63, 3.8) is 0 Å². The van der Waals surface area contributed by atoms with Crippen molar-refractivity contribution in [3.8, 4) is 0 Å². The molecule has 9 heteroatoms. The van der Waals surface area contributed by atoms with Crippen LogP contribution in [0.2, 0.25) is 0 Å². The SMILES string of the molecule is c1cc(Nc2ncc3oc4c(c3n2)C2(CCCCC2)CCN4)ncc1N1CCC(N2CCOCC2)CC1. The Bertz CT molecular complexity index is 1220. The number of anilines is 4. The van der Waals surface area contributed by atoms with E-state index in [-0.39, 0.29) is 5.41 Å². The van der Waals surface area contributed by atoms with Crippen LogP contribution in [-0.4, -0.2) is 71.8 Å². The maximum Gasteiger partial charge on any atom is 0.229 e. The summed E-state index contributed by atoms with van der Waals surface area (Å²) in [6, 6.07) is 4.87. The number of rotatable bonds is 4. The Morgan fingerprint density at radius 1 is 0.946 bits per heavy atom. The molecule has 0 radical (unpaired) electrons. The molecular weight excluding hydrogens is 466 g/mol. The van der Waals surface area contributed by atoms with E-state index in [1.165, 1.54) is 56.2 Å². The van der Waals surface area contributed by atoms with Gasteiger partial charge in [0.2, 0.25) is 5.95 Å². The first-order chi connectivity index (χ1) is 18.3. The molecule has 3 aromatic rings. The van der Waals surface area contributed by atoms with Crippen molar-refractivity contribution in [2.75, 3.05) is 61.5 Å². The molecule has 3 aromatic heterocycles.